The second kappa shape index (κ2) is 11.6. The van der Waals surface area contributed by atoms with Gasteiger partial charge in [0.15, 0.2) is 0 Å². The number of anilines is 1. The van der Waals surface area contributed by atoms with Crippen molar-refractivity contribution in [2.75, 3.05) is 31.5 Å². The molecule has 0 saturated carbocycles. The molecule has 4 N–H and O–H groups in total. The largest absolute Gasteiger partial charge is 0.353 e. The topological polar surface area (TPSA) is 90.7 Å². The molecule has 0 radical (unpaired) electrons. The van der Waals surface area contributed by atoms with E-state index in [0.29, 0.717) is 24.6 Å². The number of nitrogens with two attached hydrogens (primary N) is 1. The van der Waals surface area contributed by atoms with E-state index in [9.17, 15) is 14.0 Å². The third-order valence-corrected chi connectivity index (χ3v) is 6.20. The lowest BCUT2D eigenvalue weighted by molar-refractivity contribution is -0.124. The molecule has 1 heterocycles. The first-order valence-corrected chi connectivity index (χ1v) is 11.2. The van der Waals surface area contributed by atoms with Crippen LogP contribution in [-0.2, 0) is 9.59 Å². The van der Waals surface area contributed by atoms with Crippen molar-refractivity contribution in [2.24, 2.45) is 17.6 Å². The van der Waals surface area contributed by atoms with Crippen LogP contribution in [0.1, 0.15) is 34.1 Å². The molecule has 0 aliphatic carbocycles. The molecule has 1 aromatic rings. The third-order valence-electron chi connectivity index (χ3n) is 4.92. The normalized spacial score (nSPS) is 18.2. The minimum Gasteiger partial charge on any atom is -0.353 e. The Morgan fingerprint density at radius 2 is 1.80 bits per heavy atom. The molecule has 2 unspecified atom stereocenters. The summed E-state index contributed by atoms with van der Waals surface area (Å²) < 4.78 is 17.3. The summed E-state index contributed by atoms with van der Waals surface area (Å²) in [5, 5.41) is 5.65. The highest BCUT2D eigenvalue weighted by Gasteiger charge is 2.30. The van der Waals surface area contributed by atoms with Crippen LogP contribution in [0.25, 0.3) is 0 Å². The second-order valence-electron chi connectivity index (χ2n) is 8.32. The Balaban J connectivity index is 1.71. The van der Waals surface area contributed by atoms with Crippen LogP contribution in [0.15, 0.2) is 24.3 Å². The average Bonchev–Trinajstić information content (AvgIpc) is 3.14. The number of halogens is 1. The van der Waals surface area contributed by atoms with Crippen molar-refractivity contribution in [3.63, 3.8) is 0 Å². The Labute approximate surface area is 183 Å². The highest BCUT2D eigenvalue weighted by molar-refractivity contribution is 7.94. The van der Waals surface area contributed by atoms with Gasteiger partial charge < -0.3 is 16.4 Å². The SMILES string of the molecule is CC(C)CN1CCN([C@H](C)C(=O)NCC(N)CC(C)C(=O)Nc2ccc(F)cc2)S1. The van der Waals surface area contributed by atoms with E-state index in [-0.39, 0.29) is 35.6 Å². The molecular weight excluding hydrogens is 405 g/mol. The number of nitrogens with one attached hydrogen (secondary N) is 2. The van der Waals surface area contributed by atoms with E-state index in [1.54, 1.807) is 19.1 Å². The summed E-state index contributed by atoms with van der Waals surface area (Å²) in [7, 11) is 0. The highest BCUT2D eigenvalue weighted by Crippen LogP contribution is 2.26. The maximum Gasteiger partial charge on any atom is 0.238 e. The molecule has 1 aliphatic heterocycles. The Morgan fingerprint density at radius 1 is 1.13 bits per heavy atom. The molecule has 3 atom stereocenters. The minimum absolute atomic E-state index is 0.0623. The highest BCUT2D eigenvalue weighted by atomic mass is 32.2. The second-order valence-corrected chi connectivity index (χ2v) is 9.47. The third kappa shape index (κ3) is 7.86. The van der Waals surface area contributed by atoms with Gasteiger partial charge in [0.1, 0.15) is 5.82 Å². The molecule has 2 amide bonds. The summed E-state index contributed by atoms with van der Waals surface area (Å²) >= 11 is 1.62. The van der Waals surface area contributed by atoms with Gasteiger partial charge in [-0.25, -0.2) is 13.0 Å². The van der Waals surface area contributed by atoms with Crippen LogP contribution >= 0.6 is 12.1 Å². The molecular formula is C21H34FN5O2S. The van der Waals surface area contributed by atoms with E-state index < -0.39 is 0 Å². The van der Waals surface area contributed by atoms with Crippen LogP contribution in [0.5, 0.6) is 0 Å². The van der Waals surface area contributed by atoms with Crippen molar-refractivity contribution in [3.05, 3.63) is 30.1 Å². The maximum atomic E-state index is 13.0. The molecule has 0 bridgehead atoms. The number of carbonyl (C=O) groups is 2. The first-order valence-electron chi connectivity index (χ1n) is 10.4. The van der Waals surface area contributed by atoms with E-state index in [4.69, 9.17) is 5.73 Å². The number of rotatable bonds is 10. The van der Waals surface area contributed by atoms with Crippen LogP contribution in [0, 0.1) is 17.7 Å². The van der Waals surface area contributed by atoms with E-state index >= 15 is 0 Å². The lowest BCUT2D eigenvalue weighted by Gasteiger charge is -2.24. The monoisotopic (exact) mass is 439 g/mol. The molecule has 1 aliphatic rings. The van der Waals surface area contributed by atoms with Crippen LogP contribution < -0.4 is 16.4 Å². The van der Waals surface area contributed by atoms with Crippen LogP contribution in [-0.4, -0.2) is 58.7 Å². The van der Waals surface area contributed by atoms with Crippen molar-refractivity contribution < 1.29 is 14.0 Å². The van der Waals surface area contributed by atoms with Crippen LogP contribution in [0.3, 0.4) is 0 Å². The van der Waals surface area contributed by atoms with Gasteiger partial charge in [0, 0.05) is 56.0 Å². The average molecular weight is 440 g/mol. The zero-order valence-corrected chi connectivity index (χ0v) is 19.0. The summed E-state index contributed by atoms with van der Waals surface area (Å²) in [6.45, 7) is 11.1. The van der Waals surface area contributed by atoms with Crippen LogP contribution in [0.2, 0.25) is 0 Å². The number of nitrogens with zero attached hydrogens (tertiary/aromatic N) is 2. The molecule has 1 saturated heterocycles. The molecule has 7 nitrogen and oxygen atoms in total. The van der Waals surface area contributed by atoms with Crippen molar-refractivity contribution in [3.8, 4) is 0 Å². The Morgan fingerprint density at radius 3 is 2.43 bits per heavy atom. The summed E-state index contributed by atoms with van der Waals surface area (Å²) in [6.07, 6.45) is 0.433. The van der Waals surface area contributed by atoms with E-state index in [2.05, 4.69) is 33.1 Å². The molecule has 2 rings (SSSR count). The Hall–Kier alpha value is -1.68. The first kappa shape index (κ1) is 24.6. The molecule has 1 aromatic carbocycles. The maximum absolute atomic E-state index is 13.0. The summed E-state index contributed by atoms with van der Waals surface area (Å²) in [5.74, 6) is -0.351. The number of amides is 2. The molecule has 0 spiro atoms. The van der Waals surface area contributed by atoms with Gasteiger partial charge >= 0.3 is 0 Å². The summed E-state index contributed by atoms with van der Waals surface area (Å²) in [6, 6.07) is 5.03. The van der Waals surface area contributed by atoms with Gasteiger partial charge in [0.05, 0.1) is 6.04 Å². The smallest absolute Gasteiger partial charge is 0.238 e. The number of benzene rings is 1. The number of carbonyl (C=O) groups excluding carboxylic acids is 2. The summed E-state index contributed by atoms with van der Waals surface area (Å²) in [5.41, 5.74) is 6.67. The van der Waals surface area contributed by atoms with Crippen molar-refractivity contribution in [1.29, 1.82) is 0 Å². The summed E-state index contributed by atoms with van der Waals surface area (Å²) in [4.78, 5) is 24.8. The standard InChI is InChI=1S/C21H34FN5O2S/c1-14(2)13-26-9-10-27(30-26)16(4)21(29)24-12-18(23)11-15(3)20(28)25-19-7-5-17(22)6-8-19/h5-8,14-16,18H,9-13,23H2,1-4H3,(H,24,29)(H,25,28)/t15?,16-,18?/m1/s1. The molecule has 0 aromatic heterocycles. The van der Waals surface area contributed by atoms with E-state index in [0.717, 1.165) is 19.6 Å². The number of hydrogen-bond donors (Lipinski definition) is 3. The van der Waals surface area contributed by atoms with Crippen molar-refractivity contribution >= 4 is 29.6 Å². The lowest BCUT2D eigenvalue weighted by atomic mass is 10.0. The Kier molecular flexibility index (Phi) is 9.54. The number of hydrogen-bond acceptors (Lipinski definition) is 6. The van der Waals surface area contributed by atoms with Crippen molar-refractivity contribution in [2.45, 2.75) is 46.2 Å². The fourth-order valence-corrected chi connectivity index (χ4v) is 4.41. The quantitative estimate of drug-likeness (QED) is 0.485. The molecule has 30 heavy (non-hydrogen) atoms. The lowest BCUT2D eigenvalue weighted by Crippen LogP contribution is -2.46. The van der Waals surface area contributed by atoms with Gasteiger partial charge in [0.25, 0.3) is 0 Å². The predicted molar refractivity (Wildman–Crippen MR) is 120 cm³/mol. The van der Waals surface area contributed by atoms with Gasteiger partial charge in [-0.3, -0.25) is 9.59 Å². The zero-order valence-electron chi connectivity index (χ0n) is 18.2. The molecule has 9 heteroatoms. The van der Waals surface area contributed by atoms with Gasteiger partial charge in [-0.2, -0.15) is 0 Å². The van der Waals surface area contributed by atoms with Gasteiger partial charge in [-0.1, -0.05) is 20.8 Å². The fraction of sp³-hybridized carbons (Fsp3) is 0.619. The zero-order chi connectivity index (χ0) is 22.3. The minimum atomic E-state index is -0.354. The fourth-order valence-electron chi connectivity index (χ4n) is 3.19. The molecule has 1 fully saturated rings. The van der Waals surface area contributed by atoms with Gasteiger partial charge in [-0.05, 0) is 43.5 Å². The van der Waals surface area contributed by atoms with Crippen LogP contribution in [0.4, 0.5) is 10.1 Å². The van der Waals surface area contributed by atoms with Gasteiger partial charge in [0.2, 0.25) is 11.8 Å². The first-order chi connectivity index (χ1) is 14.2. The predicted octanol–water partition coefficient (Wildman–Crippen LogP) is 2.46. The molecule has 168 valence electrons. The van der Waals surface area contributed by atoms with Gasteiger partial charge in [-0.15, -0.1) is 0 Å². The van der Waals surface area contributed by atoms with E-state index in [1.165, 1.54) is 24.3 Å². The van der Waals surface area contributed by atoms with E-state index in [1.807, 2.05) is 6.92 Å². The van der Waals surface area contributed by atoms with Crippen molar-refractivity contribution in [1.82, 2.24) is 13.9 Å². The Bertz CT molecular complexity index is 703.